The molecule has 1 heterocycles. The van der Waals surface area contributed by atoms with Crippen molar-refractivity contribution in [2.45, 2.75) is 32.1 Å². The summed E-state index contributed by atoms with van der Waals surface area (Å²) in [6, 6.07) is 0. The largest absolute Gasteiger partial charge is 0.461 e. The molecule has 1 aromatic heterocycles. The summed E-state index contributed by atoms with van der Waals surface area (Å²) in [6.07, 6.45) is 4.83. The Morgan fingerprint density at radius 3 is 3.07 bits per heavy atom. The van der Waals surface area contributed by atoms with Crippen LogP contribution in [0.15, 0.2) is 10.7 Å². The Kier molecular flexibility index (Phi) is 2.52. The summed E-state index contributed by atoms with van der Waals surface area (Å²) in [5, 5.41) is 0. The highest BCUT2D eigenvalue weighted by Gasteiger charge is 2.25. The molecule has 76 valence electrons. The minimum atomic E-state index is -0.401. The molecule has 1 fully saturated rings. The summed E-state index contributed by atoms with van der Waals surface area (Å²) >= 11 is 0. The number of hydrogen-bond donors (Lipinski definition) is 0. The molecule has 1 aliphatic rings. The molecule has 4 nitrogen and oxygen atoms in total. The van der Waals surface area contributed by atoms with E-state index >= 15 is 0 Å². The van der Waals surface area contributed by atoms with Gasteiger partial charge in [-0.3, -0.25) is 0 Å². The third kappa shape index (κ3) is 1.64. The van der Waals surface area contributed by atoms with Crippen LogP contribution in [0.4, 0.5) is 0 Å². The summed E-state index contributed by atoms with van der Waals surface area (Å²) in [7, 11) is 0. The van der Waals surface area contributed by atoms with E-state index in [1.54, 1.807) is 6.92 Å². The van der Waals surface area contributed by atoms with E-state index in [1.807, 2.05) is 0 Å². The molecule has 4 heteroatoms. The van der Waals surface area contributed by atoms with Gasteiger partial charge in [0.25, 0.3) is 0 Å². The number of rotatable bonds is 3. The van der Waals surface area contributed by atoms with E-state index in [1.165, 1.54) is 12.7 Å². The van der Waals surface area contributed by atoms with Gasteiger partial charge in [-0.15, -0.1) is 0 Å². The summed E-state index contributed by atoms with van der Waals surface area (Å²) in [5.74, 6) is 0.694. The van der Waals surface area contributed by atoms with Crippen molar-refractivity contribution in [2.75, 3.05) is 6.61 Å². The van der Waals surface area contributed by atoms with Gasteiger partial charge >= 0.3 is 5.97 Å². The number of oxazole rings is 1. The van der Waals surface area contributed by atoms with E-state index in [-0.39, 0.29) is 5.69 Å². The van der Waals surface area contributed by atoms with Crippen molar-refractivity contribution in [3.05, 3.63) is 17.8 Å². The Morgan fingerprint density at radius 1 is 1.71 bits per heavy atom. The number of nitrogens with zero attached hydrogens (tertiary/aromatic N) is 1. The second kappa shape index (κ2) is 3.82. The van der Waals surface area contributed by atoms with E-state index in [0.29, 0.717) is 18.4 Å². The normalized spacial score (nSPS) is 16.4. The van der Waals surface area contributed by atoms with Crippen LogP contribution >= 0.6 is 0 Å². The smallest absolute Gasteiger partial charge is 0.360 e. The Bertz CT molecular complexity index is 328. The molecule has 0 aromatic carbocycles. The molecule has 1 aliphatic carbocycles. The zero-order valence-electron chi connectivity index (χ0n) is 8.16. The van der Waals surface area contributed by atoms with Crippen molar-refractivity contribution in [3.8, 4) is 0 Å². The minimum Gasteiger partial charge on any atom is -0.461 e. The van der Waals surface area contributed by atoms with E-state index < -0.39 is 5.97 Å². The van der Waals surface area contributed by atoms with Gasteiger partial charge < -0.3 is 9.15 Å². The highest BCUT2D eigenvalue weighted by atomic mass is 16.5. The van der Waals surface area contributed by atoms with Gasteiger partial charge in [0.1, 0.15) is 6.26 Å². The van der Waals surface area contributed by atoms with Crippen molar-refractivity contribution in [3.63, 3.8) is 0 Å². The number of esters is 1. The van der Waals surface area contributed by atoms with Crippen molar-refractivity contribution in [1.29, 1.82) is 0 Å². The molecule has 0 radical (unpaired) electrons. The maximum atomic E-state index is 11.2. The molecule has 0 atom stereocenters. The summed E-state index contributed by atoms with van der Waals surface area (Å²) in [4.78, 5) is 15.4. The predicted molar refractivity (Wildman–Crippen MR) is 49.1 cm³/mol. The average molecular weight is 195 g/mol. The SMILES string of the molecule is CCOC(=O)c1coc(C2CCC2)n1. The standard InChI is InChI=1S/C10H13NO3/c1-2-13-10(12)8-6-14-9(11-8)7-4-3-5-7/h6-7H,2-5H2,1H3. The number of carbonyl (C=O) groups excluding carboxylic acids is 1. The molecule has 0 N–H and O–H groups in total. The first-order chi connectivity index (χ1) is 6.81. The molecule has 1 aromatic rings. The monoisotopic (exact) mass is 195 g/mol. The summed E-state index contributed by atoms with van der Waals surface area (Å²) in [5.41, 5.74) is 0.286. The molecule has 0 bridgehead atoms. The van der Waals surface area contributed by atoms with E-state index in [2.05, 4.69) is 4.98 Å². The fraction of sp³-hybridized carbons (Fsp3) is 0.600. The maximum Gasteiger partial charge on any atom is 0.360 e. The Hall–Kier alpha value is -1.32. The zero-order valence-corrected chi connectivity index (χ0v) is 8.16. The molecule has 0 spiro atoms. The van der Waals surface area contributed by atoms with Gasteiger partial charge in [-0.1, -0.05) is 6.42 Å². The Balaban J connectivity index is 2.05. The first kappa shape index (κ1) is 9.24. The molecule has 0 saturated heterocycles. The first-order valence-corrected chi connectivity index (χ1v) is 4.93. The maximum absolute atomic E-state index is 11.2. The van der Waals surface area contributed by atoms with Gasteiger partial charge in [-0.25, -0.2) is 9.78 Å². The van der Waals surface area contributed by atoms with Crippen molar-refractivity contribution in [1.82, 2.24) is 4.98 Å². The van der Waals surface area contributed by atoms with Crippen LogP contribution in [0.2, 0.25) is 0 Å². The number of aromatic nitrogens is 1. The minimum absolute atomic E-state index is 0.286. The molecular weight excluding hydrogens is 182 g/mol. The van der Waals surface area contributed by atoms with Crippen LogP contribution in [-0.4, -0.2) is 17.6 Å². The fourth-order valence-electron chi connectivity index (χ4n) is 1.43. The van der Waals surface area contributed by atoms with Crippen molar-refractivity contribution < 1.29 is 13.9 Å². The van der Waals surface area contributed by atoms with Crippen LogP contribution in [0.5, 0.6) is 0 Å². The molecule has 2 rings (SSSR count). The van der Waals surface area contributed by atoms with E-state index in [0.717, 1.165) is 12.8 Å². The summed E-state index contributed by atoms with van der Waals surface area (Å²) < 4.78 is 10.0. The van der Waals surface area contributed by atoms with E-state index in [4.69, 9.17) is 9.15 Å². The van der Waals surface area contributed by atoms with Gasteiger partial charge in [0.2, 0.25) is 0 Å². The topological polar surface area (TPSA) is 52.3 Å². The van der Waals surface area contributed by atoms with Gasteiger partial charge in [0.05, 0.1) is 6.61 Å². The third-order valence-electron chi connectivity index (χ3n) is 2.46. The lowest BCUT2D eigenvalue weighted by Crippen LogP contribution is -2.10. The highest BCUT2D eigenvalue weighted by Crippen LogP contribution is 2.35. The lowest BCUT2D eigenvalue weighted by molar-refractivity contribution is 0.0519. The molecule has 0 aliphatic heterocycles. The lowest BCUT2D eigenvalue weighted by Gasteiger charge is -2.21. The first-order valence-electron chi connectivity index (χ1n) is 4.93. The van der Waals surface area contributed by atoms with Crippen LogP contribution in [-0.2, 0) is 4.74 Å². The number of hydrogen-bond acceptors (Lipinski definition) is 4. The molecule has 0 unspecified atom stereocenters. The van der Waals surface area contributed by atoms with Gasteiger partial charge in [-0.2, -0.15) is 0 Å². The Morgan fingerprint density at radius 2 is 2.50 bits per heavy atom. The second-order valence-corrected chi connectivity index (χ2v) is 3.42. The van der Waals surface area contributed by atoms with Crippen LogP contribution in [0.1, 0.15) is 48.5 Å². The van der Waals surface area contributed by atoms with Crippen LogP contribution in [0, 0.1) is 0 Å². The number of carbonyl (C=O) groups is 1. The third-order valence-corrected chi connectivity index (χ3v) is 2.46. The molecule has 1 saturated carbocycles. The van der Waals surface area contributed by atoms with Gasteiger partial charge in [-0.05, 0) is 19.8 Å². The zero-order chi connectivity index (χ0) is 9.97. The number of ether oxygens (including phenoxy) is 1. The quantitative estimate of drug-likeness (QED) is 0.693. The van der Waals surface area contributed by atoms with Crippen LogP contribution in [0.3, 0.4) is 0 Å². The fourth-order valence-corrected chi connectivity index (χ4v) is 1.43. The van der Waals surface area contributed by atoms with Crippen molar-refractivity contribution in [2.24, 2.45) is 0 Å². The molecular formula is C10H13NO3. The molecule has 14 heavy (non-hydrogen) atoms. The van der Waals surface area contributed by atoms with Gasteiger partial charge in [0, 0.05) is 5.92 Å². The Labute approximate surface area is 82.3 Å². The van der Waals surface area contributed by atoms with Gasteiger partial charge in [0.15, 0.2) is 11.6 Å². The van der Waals surface area contributed by atoms with Crippen molar-refractivity contribution >= 4 is 5.97 Å². The predicted octanol–water partition coefficient (Wildman–Crippen LogP) is 2.12. The highest BCUT2D eigenvalue weighted by molar-refractivity contribution is 5.86. The van der Waals surface area contributed by atoms with Crippen LogP contribution < -0.4 is 0 Å². The van der Waals surface area contributed by atoms with Crippen LogP contribution in [0.25, 0.3) is 0 Å². The second-order valence-electron chi connectivity index (χ2n) is 3.42. The lowest BCUT2D eigenvalue weighted by atomic mass is 9.85. The van der Waals surface area contributed by atoms with E-state index in [9.17, 15) is 4.79 Å². The summed E-state index contributed by atoms with van der Waals surface area (Å²) in [6.45, 7) is 2.13. The average Bonchev–Trinajstić information content (AvgIpc) is 2.50. The molecule has 0 amide bonds.